The second-order valence-corrected chi connectivity index (χ2v) is 30.4. The maximum atomic E-state index is 12.7. The largest absolute Gasteiger partial charge is 0.414 e. The van der Waals surface area contributed by atoms with Crippen LogP contribution in [0.15, 0.2) is 11.1 Å². The number of nitrogens with two attached hydrogens (primary N) is 1. The van der Waals surface area contributed by atoms with Crippen LogP contribution in [-0.4, -0.2) is 69.4 Å². The summed E-state index contributed by atoms with van der Waals surface area (Å²) < 4.78 is 29.8. The molecule has 1 unspecified atom stereocenters. The van der Waals surface area contributed by atoms with E-state index in [1.165, 1.54) is 0 Å². The van der Waals surface area contributed by atoms with Crippen LogP contribution in [0.2, 0.25) is 54.4 Å². The highest BCUT2D eigenvalue weighted by Crippen LogP contribution is 2.46. The van der Waals surface area contributed by atoms with Gasteiger partial charge >= 0.3 is 0 Å². The molecule has 0 radical (unpaired) electrons. The first kappa shape index (κ1) is 34.1. The Bertz CT molecular complexity index is 1290. The smallest absolute Gasteiger partial charge is 0.280 e. The summed E-state index contributed by atoms with van der Waals surface area (Å²) in [6, 6.07) is 0. The lowest BCUT2D eigenvalue weighted by Gasteiger charge is -2.44. The molecule has 0 aromatic carbocycles. The van der Waals surface area contributed by atoms with Crippen LogP contribution >= 0.6 is 0 Å². The summed E-state index contributed by atoms with van der Waals surface area (Å²) in [5.41, 5.74) is 6.13. The zero-order valence-electron chi connectivity index (χ0n) is 28.1. The van der Waals surface area contributed by atoms with Gasteiger partial charge in [0.05, 0.1) is 12.9 Å². The fraction of sp³-hybridized carbons (Fsp3) is 0.821. The highest BCUT2D eigenvalue weighted by atomic mass is 28.4. The van der Waals surface area contributed by atoms with Gasteiger partial charge in [0, 0.05) is 0 Å². The van der Waals surface area contributed by atoms with E-state index in [0.29, 0.717) is 12.3 Å². The fourth-order valence-electron chi connectivity index (χ4n) is 4.00. The Morgan fingerprint density at radius 1 is 0.878 bits per heavy atom. The molecule has 13 heteroatoms. The molecule has 0 saturated carbocycles. The zero-order valence-corrected chi connectivity index (χ0v) is 31.1. The van der Waals surface area contributed by atoms with Crippen molar-refractivity contribution < 1.29 is 18.0 Å². The lowest BCUT2D eigenvalue weighted by Crippen LogP contribution is -2.54. The van der Waals surface area contributed by atoms with Gasteiger partial charge in [-0.15, -0.1) is 0 Å². The molecular formula is C28H55N5O5Si3. The third-order valence-corrected chi connectivity index (χ3v) is 23.3. The third-order valence-electron chi connectivity index (χ3n) is 9.90. The highest BCUT2D eigenvalue weighted by molar-refractivity contribution is 6.75. The van der Waals surface area contributed by atoms with Crippen LogP contribution in [0.4, 0.5) is 5.95 Å². The average molecular weight is 626 g/mol. The SMILES string of the molecule is CC(C)(C)[Si](C)(C)OC[C@H]1O[C@@H](n2cnc3c(=O)[nH]c(N)nc32)C(O[Si](C)(C)C(C)(C)C)[C@H]1O[Si](C)(C)C(C)(C)C. The molecule has 2 aromatic heterocycles. The van der Waals surface area contributed by atoms with E-state index in [4.69, 9.17) is 23.7 Å². The molecule has 1 fully saturated rings. The van der Waals surface area contributed by atoms with Crippen molar-refractivity contribution in [2.45, 2.75) is 141 Å². The Labute approximate surface area is 249 Å². The predicted molar refractivity (Wildman–Crippen MR) is 174 cm³/mol. The number of aromatic amines is 1. The molecule has 1 saturated heterocycles. The van der Waals surface area contributed by atoms with Crippen molar-refractivity contribution in [3.05, 3.63) is 16.7 Å². The number of imidazole rings is 1. The maximum absolute atomic E-state index is 12.7. The van der Waals surface area contributed by atoms with Crippen molar-refractivity contribution in [3.63, 3.8) is 0 Å². The van der Waals surface area contributed by atoms with Gasteiger partial charge in [0.15, 0.2) is 42.3 Å². The van der Waals surface area contributed by atoms with Crippen LogP contribution in [0.5, 0.6) is 0 Å². The minimum atomic E-state index is -2.32. The number of nitrogens with one attached hydrogen (secondary N) is 1. The Morgan fingerprint density at radius 2 is 1.37 bits per heavy atom. The van der Waals surface area contributed by atoms with E-state index in [-0.39, 0.29) is 26.6 Å². The molecule has 0 aliphatic carbocycles. The number of nitrogens with zero attached hydrogens (tertiary/aromatic N) is 3. The van der Waals surface area contributed by atoms with Crippen LogP contribution in [0.25, 0.3) is 11.2 Å². The minimum Gasteiger partial charge on any atom is -0.414 e. The quantitative estimate of drug-likeness (QED) is 0.323. The van der Waals surface area contributed by atoms with E-state index in [0.717, 1.165) is 0 Å². The van der Waals surface area contributed by atoms with Crippen LogP contribution in [0.3, 0.4) is 0 Å². The number of anilines is 1. The van der Waals surface area contributed by atoms with Gasteiger partial charge in [-0.25, -0.2) is 4.98 Å². The van der Waals surface area contributed by atoms with E-state index in [9.17, 15) is 4.79 Å². The van der Waals surface area contributed by atoms with E-state index in [1.54, 1.807) is 10.9 Å². The van der Waals surface area contributed by atoms with Crippen molar-refractivity contribution in [2.75, 3.05) is 12.3 Å². The van der Waals surface area contributed by atoms with Gasteiger partial charge in [0.2, 0.25) is 5.95 Å². The summed E-state index contributed by atoms with van der Waals surface area (Å²) in [6.45, 7) is 33.9. The van der Waals surface area contributed by atoms with Crippen molar-refractivity contribution in [1.82, 2.24) is 19.5 Å². The van der Waals surface area contributed by atoms with Crippen molar-refractivity contribution in [2.24, 2.45) is 0 Å². The summed E-state index contributed by atoms with van der Waals surface area (Å²) in [4.78, 5) is 24.0. The van der Waals surface area contributed by atoms with Gasteiger partial charge in [-0.2, -0.15) is 4.98 Å². The van der Waals surface area contributed by atoms with Crippen LogP contribution < -0.4 is 11.3 Å². The molecule has 41 heavy (non-hydrogen) atoms. The first-order valence-electron chi connectivity index (χ1n) is 14.7. The molecule has 4 atom stereocenters. The van der Waals surface area contributed by atoms with Crippen molar-refractivity contribution in [1.29, 1.82) is 0 Å². The van der Waals surface area contributed by atoms with E-state index < -0.39 is 55.1 Å². The van der Waals surface area contributed by atoms with Gasteiger partial charge in [-0.05, 0) is 54.4 Å². The highest BCUT2D eigenvalue weighted by Gasteiger charge is 2.55. The van der Waals surface area contributed by atoms with E-state index >= 15 is 0 Å². The number of hydrogen-bond acceptors (Lipinski definition) is 8. The van der Waals surface area contributed by atoms with Crippen LogP contribution in [0.1, 0.15) is 68.5 Å². The first-order chi connectivity index (χ1) is 18.3. The van der Waals surface area contributed by atoms with Crippen LogP contribution in [-0.2, 0) is 18.0 Å². The monoisotopic (exact) mass is 625 g/mol. The summed E-state index contributed by atoms with van der Waals surface area (Å²) in [7, 11) is -6.69. The van der Waals surface area contributed by atoms with Crippen molar-refractivity contribution in [3.8, 4) is 0 Å². The Kier molecular flexibility index (Phi) is 9.13. The summed E-state index contributed by atoms with van der Waals surface area (Å²) in [5, 5.41) is -0.0328. The van der Waals surface area contributed by atoms with Gasteiger partial charge < -0.3 is 23.7 Å². The van der Waals surface area contributed by atoms with Gasteiger partial charge in [-0.1, -0.05) is 62.3 Å². The molecular weight excluding hydrogens is 571 g/mol. The number of nitrogen functional groups attached to an aromatic ring is 1. The molecule has 1 aliphatic heterocycles. The zero-order chi connectivity index (χ0) is 31.6. The predicted octanol–water partition coefficient (Wildman–Crippen LogP) is 6.40. The molecule has 0 amide bonds. The topological polar surface area (TPSA) is 127 Å². The first-order valence-corrected chi connectivity index (χ1v) is 23.4. The summed E-state index contributed by atoms with van der Waals surface area (Å²) in [5.74, 6) is 0.0241. The standard InChI is InChI=1S/C28H55N5O5Si3/c1-26(2,3)39(10,11)35-16-18-20(37-40(12,13)27(4,5)6)21(38-41(14,15)28(7,8)9)24(36-18)33-17-30-19-22(33)31-25(29)32-23(19)34/h17-18,20-21,24H,16H2,1-15H3,(H3,29,31,32,34)/t18-,20+,21?,24-/m1/s1. The number of aromatic nitrogens is 4. The molecule has 0 bridgehead atoms. The average Bonchev–Trinajstić information content (AvgIpc) is 3.31. The molecule has 3 rings (SSSR count). The minimum absolute atomic E-state index is 0.0241. The third kappa shape index (κ3) is 6.91. The molecule has 1 aliphatic rings. The number of H-pyrrole nitrogens is 1. The molecule has 0 spiro atoms. The molecule has 2 aromatic rings. The number of hydrogen-bond donors (Lipinski definition) is 2. The lowest BCUT2D eigenvalue weighted by molar-refractivity contribution is -0.0470. The lowest BCUT2D eigenvalue weighted by atomic mass is 10.1. The van der Waals surface area contributed by atoms with Crippen LogP contribution in [0, 0.1) is 0 Å². The number of ether oxygens (including phenoxy) is 1. The molecule has 3 N–H and O–H groups in total. The summed E-state index contributed by atoms with van der Waals surface area (Å²) >= 11 is 0. The Hall–Kier alpha value is -1.36. The second-order valence-electron chi connectivity index (χ2n) is 16.1. The normalized spacial score (nSPS) is 23.5. The Balaban J connectivity index is 2.18. The summed E-state index contributed by atoms with van der Waals surface area (Å²) in [6.07, 6.45) is -0.297. The Morgan fingerprint density at radius 3 is 1.85 bits per heavy atom. The molecule has 10 nitrogen and oxygen atoms in total. The second kappa shape index (κ2) is 11.0. The van der Waals surface area contributed by atoms with Gasteiger partial charge in [-0.3, -0.25) is 14.3 Å². The van der Waals surface area contributed by atoms with Gasteiger partial charge in [0.25, 0.3) is 5.56 Å². The molecule has 3 heterocycles. The fourth-order valence-corrected chi connectivity index (χ4v) is 7.62. The number of fused-ring (bicyclic) bond motifs is 1. The maximum Gasteiger partial charge on any atom is 0.280 e. The van der Waals surface area contributed by atoms with E-state index in [2.05, 4.69) is 117 Å². The molecule has 234 valence electrons. The van der Waals surface area contributed by atoms with Crippen molar-refractivity contribution >= 4 is 42.1 Å². The number of rotatable bonds is 8. The van der Waals surface area contributed by atoms with E-state index in [1.807, 2.05) is 0 Å². The van der Waals surface area contributed by atoms with Gasteiger partial charge in [0.1, 0.15) is 18.3 Å².